The van der Waals surface area contributed by atoms with Crippen molar-refractivity contribution < 1.29 is 0 Å². The van der Waals surface area contributed by atoms with Gasteiger partial charge in [-0.3, -0.25) is 4.68 Å². The Morgan fingerprint density at radius 1 is 1.64 bits per heavy atom. The van der Waals surface area contributed by atoms with Gasteiger partial charge in [0.1, 0.15) is 0 Å². The van der Waals surface area contributed by atoms with Crippen LogP contribution in [0.3, 0.4) is 0 Å². The highest BCUT2D eigenvalue weighted by molar-refractivity contribution is 5.14. The minimum Gasteiger partial charge on any atom is -0.314 e. The first-order chi connectivity index (χ1) is 6.79. The monoisotopic (exact) mass is 193 g/mol. The molecular weight excluding hydrogens is 174 g/mol. The van der Waals surface area contributed by atoms with Crippen LogP contribution in [0.5, 0.6) is 0 Å². The maximum absolute atomic E-state index is 4.36. The Morgan fingerprint density at radius 3 is 3.14 bits per heavy atom. The van der Waals surface area contributed by atoms with Gasteiger partial charge in [0.05, 0.1) is 6.20 Å². The average molecular weight is 193 g/mol. The normalized spacial score (nSPS) is 27.0. The van der Waals surface area contributed by atoms with Crippen LogP contribution in [0, 0.1) is 0 Å². The molecule has 0 saturated carbocycles. The number of nitrogens with zero attached hydrogens (tertiary/aromatic N) is 2. The minimum atomic E-state index is 0.662. The Balaban J connectivity index is 2.02. The van der Waals surface area contributed by atoms with Gasteiger partial charge in [0.2, 0.25) is 0 Å². The number of aryl methyl sites for hydroxylation is 1. The molecular formula is C11H19N3. The Bertz CT molecular complexity index is 292. The smallest absolute Gasteiger partial charge is 0.0525 e. The van der Waals surface area contributed by atoms with Crippen LogP contribution in [0.2, 0.25) is 0 Å². The molecule has 1 N–H and O–H groups in total. The fourth-order valence-electron chi connectivity index (χ4n) is 2.13. The van der Waals surface area contributed by atoms with E-state index in [1.54, 1.807) is 0 Å². The molecule has 0 aliphatic carbocycles. The van der Waals surface area contributed by atoms with Crippen LogP contribution >= 0.6 is 0 Å². The van der Waals surface area contributed by atoms with E-state index in [0.717, 1.165) is 19.5 Å². The summed E-state index contributed by atoms with van der Waals surface area (Å²) < 4.78 is 2.05. The molecule has 1 saturated heterocycles. The van der Waals surface area contributed by atoms with Crippen molar-refractivity contribution in [1.82, 2.24) is 15.1 Å². The van der Waals surface area contributed by atoms with Crippen LogP contribution in [0.25, 0.3) is 0 Å². The van der Waals surface area contributed by atoms with Gasteiger partial charge in [-0.15, -0.1) is 0 Å². The van der Waals surface area contributed by atoms with Crippen molar-refractivity contribution in [3.63, 3.8) is 0 Å². The van der Waals surface area contributed by atoms with E-state index in [0.29, 0.717) is 12.0 Å². The lowest BCUT2D eigenvalue weighted by molar-refractivity contribution is 0.601. The van der Waals surface area contributed by atoms with Crippen molar-refractivity contribution >= 4 is 0 Å². The molecule has 3 heteroatoms. The van der Waals surface area contributed by atoms with E-state index in [9.17, 15) is 0 Å². The van der Waals surface area contributed by atoms with Crippen LogP contribution in [0.1, 0.15) is 38.2 Å². The van der Waals surface area contributed by atoms with Gasteiger partial charge in [0.15, 0.2) is 0 Å². The van der Waals surface area contributed by atoms with Crippen LogP contribution in [0.15, 0.2) is 12.4 Å². The highest BCUT2D eigenvalue weighted by atomic mass is 15.3. The molecule has 0 bridgehead atoms. The van der Waals surface area contributed by atoms with Gasteiger partial charge in [0.25, 0.3) is 0 Å². The molecule has 1 fully saturated rings. The SMILES string of the molecule is CCCn1cc(C2CNC(C)C2)cn1. The predicted octanol–water partition coefficient (Wildman–Crippen LogP) is 1.76. The molecule has 1 aliphatic rings. The van der Waals surface area contributed by atoms with E-state index in [1.165, 1.54) is 12.0 Å². The van der Waals surface area contributed by atoms with Crippen molar-refractivity contribution in [1.29, 1.82) is 0 Å². The molecule has 0 amide bonds. The van der Waals surface area contributed by atoms with Crippen LogP contribution < -0.4 is 5.32 Å². The molecule has 2 unspecified atom stereocenters. The topological polar surface area (TPSA) is 29.9 Å². The zero-order chi connectivity index (χ0) is 9.97. The lowest BCUT2D eigenvalue weighted by atomic mass is 10.0. The Kier molecular flexibility index (Phi) is 2.87. The second-order valence-corrected chi connectivity index (χ2v) is 4.28. The quantitative estimate of drug-likeness (QED) is 0.792. The maximum atomic E-state index is 4.36. The minimum absolute atomic E-state index is 0.662. The molecule has 78 valence electrons. The predicted molar refractivity (Wildman–Crippen MR) is 57.3 cm³/mol. The number of aromatic nitrogens is 2. The molecule has 3 nitrogen and oxygen atoms in total. The van der Waals surface area contributed by atoms with Crippen molar-refractivity contribution in [2.45, 2.75) is 45.2 Å². The Labute approximate surface area is 85.5 Å². The second-order valence-electron chi connectivity index (χ2n) is 4.28. The third-order valence-corrected chi connectivity index (χ3v) is 2.93. The molecule has 0 aromatic carbocycles. The van der Waals surface area contributed by atoms with Crippen molar-refractivity contribution in [2.75, 3.05) is 6.54 Å². The summed E-state index contributed by atoms with van der Waals surface area (Å²) in [5.41, 5.74) is 1.40. The zero-order valence-electron chi connectivity index (χ0n) is 9.03. The summed E-state index contributed by atoms with van der Waals surface area (Å²) in [7, 11) is 0. The van der Waals surface area contributed by atoms with E-state index in [-0.39, 0.29) is 0 Å². The maximum Gasteiger partial charge on any atom is 0.0525 e. The summed E-state index contributed by atoms with van der Waals surface area (Å²) in [6.07, 6.45) is 6.63. The second kappa shape index (κ2) is 4.13. The highest BCUT2D eigenvalue weighted by Gasteiger charge is 2.22. The van der Waals surface area contributed by atoms with E-state index in [4.69, 9.17) is 0 Å². The summed E-state index contributed by atoms with van der Waals surface area (Å²) in [5.74, 6) is 0.676. The first kappa shape index (κ1) is 9.71. The van der Waals surface area contributed by atoms with Crippen LogP contribution in [-0.2, 0) is 6.54 Å². The van der Waals surface area contributed by atoms with Crippen molar-refractivity contribution in [3.8, 4) is 0 Å². The Morgan fingerprint density at radius 2 is 2.50 bits per heavy atom. The van der Waals surface area contributed by atoms with Gasteiger partial charge in [-0.25, -0.2) is 0 Å². The summed E-state index contributed by atoms with van der Waals surface area (Å²) in [4.78, 5) is 0. The standard InChI is InChI=1S/C11H19N3/c1-3-4-14-8-11(7-13-14)10-5-9(2)12-6-10/h7-10,12H,3-6H2,1-2H3. The summed E-state index contributed by atoms with van der Waals surface area (Å²) >= 11 is 0. The first-order valence-corrected chi connectivity index (χ1v) is 5.55. The fourth-order valence-corrected chi connectivity index (χ4v) is 2.13. The number of hydrogen-bond acceptors (Lipinski definition) is 2. The molecule has 0 radical (unpaired) electrons. The zero-order valence-corrected chi connectivity index (χ0v) is 9.03. The molecule has 2 atom stereocenters. The summed E-state index contributed by atoms with van der Waals surface area (Å²) in [6, 6.07) is 0.662. The molecule has 1 aromatic heterocycles. The lowest BCUT2D eigenvalue weighted by Crippen LogP contribution is -2.16. The molecule has 14 heavy (non-hydrogen) atoms. The van der Waals surface area contributed by atoms with Gasteiger partial charge < -0.3 is 5.32 Å². The number of hydrogen-bond donors (Lipinski definition) is 1. The largest absolute Gasteiger partial charge is 0.314 e. The van der Waals surface area contributed by atoms with Crippen molar-refractivity contribution in [3.05, 3.63) is 18.0 Å². The number of nitrogens with one attached hydrogen (secondary N) is 1. The summed E-state index contributed by atoms with van der Waals surface area (Å²) in [5, 5.41) is 7.84. The van der Waals surface area contributed by atoms with Gasteiger partial charge in [-0.1, -0.05) is 6.92 Å². The molecule has 1 aliphatic heterocycles. The van der Waals surface area contributed by atoms with Crippen LogP contribution in [-0.4, -0.2) is 22.4 Å². The van der Waals surface area contributed by atoms with E-state index in [2.05, 4.69) is 35.1 Å². The molecule has 2 heterocycles. The average Bonchev–Trinajstić information content (AvgIpc) is 2.74. The van der Waals surface area contributed by atoms with Gasteiger partial charge >= 0.3 is 0 Å². The van der Waals surface area contributed by atoms with E-state index >= 15 is 0 Å². The van der Waals surface area contributed by atoms with E-state index in [1.807, 2.05) is 6.20 Å². The molecule has 2 rings (SSSR count). The van der Waals surface area contributed by atoms with E-state index < -0.39 is 0 Å². The van der Waals surface area contributed by atoms with Crippen LogP contribution in [0.4, 0.5) is 0 Å². The molecule has 1 aromatic rings. The number of rotatable bonds is 3. The van der Waals surface area contributed by atoms with Crippen molar-refractivity contribution in [2.24, 2.45) is 0 Å². The third-order valence-electron chi connectivity index (χ3n) is 2.93. The highest BCUT2D eigenvalue weighted by Crippen LogP contribution is 2.24. The van der Waals surface area contributed by atoms with Gasteiger partial charge in [-0.05, 0) is 25.3 Å². The fraction of sp³-hybridized carbons (Fsp3) is 0.727. The van der Waals surface area contributed by atoms with Gasteiger partial charge in [-0.2, -0.15) is 5.10 Å². The lowest BCUT2D eigenvalue weighted by Gasteiger charge is -2.03. The third kappa shape index (κ3) is 1.98. The van der Waals surface area contributed by atoms with Gasteiger partial charge in [0, 0.05) is 31.2 Å². The first-order valence-electron chi connectivity index (χ1n) is 5.55. The summed E-state index contributed by atoms with van der Waals surface area (Å²) in [6.45, 7) is 6.58. The molecule has 0 spiro atoms. The Hall–Kier alpha value is -0.830.